The molecular weight excluding hydrogens is 314 g/mol. The molecule has 0 bridgehead atoms. The number of halogens is 1. The number of aliphatic hydroxyl groups excluding tert-OH is 1. The van der Waals surface area contributed by atoms with E-state index < -0.39 is 0 Å². The van der Waals surface area contributed by atoms with Crippen molar-refractivity contribution < 1.29 is 9.90 Å². The number of hydrogen-bond donors (Lipinski definition) is 2. The summed E-state index contributed by atoms with van der Waals surface area (Å²) < 4.78 is 0. The van der Waals surface area contributed by atoms with E-state index in [2.05, 4.69) is 22.2 Å². The first kappa shape index (κ1) is 18.2. The van der Waals surface area contributed by atoms with E-state index in [4.69, 9.17) is 16.7 Å². The van der Waals surface area contributed by atoms with Crippen LogP contribution in [0.15, 0.2) is 18.2 Å². The van der Waals surface area contributed by atoms with Gasteiger partial charge in [0.2, 0.25) is 5.91 Å². The number of aryl methyl sites for hydroxylation is 1. The van der Waals surface area contributed by atoms with Crippen molar-refractivity contribution in [2.45, 2.75) is 25.8 Å². The molecule has 1 amide bonds. The number of likely N-dealkylation sites (N-methyl/N-ethyl adjacent to an activating group) is 1. The van der Waals surface area contributed by atoms with Gasteiger partial charge in [-0.15, -0.1) is 0 Å². The summed E-state index contributed by atoms with van der Waals surface area (Å²) in [4.78, 5) is 16.7. The lowest BCUT2D eigenvalue weighted by molar-refractivity contribution is -0.116. The first-order chi connectivity index (χ1) is 11.0. The van der Waals surface area contributed by atoms with Crippen molar-refractivity contribution in [2.24, 2.45) is 0 Å². The molecule has 0 aliphatic carbocycles. The van der Waals surface area contributed by atoms with Gasteiger partial charge in [-0.25, -0.2) is 0 Å². The number of hydrogen-bond acceptors (Lipinski definition) is 4. The van der Waals surface area contributed by atoms with Gasteiger partial charge in [0, 0.05) is 56.0 Å². The number of carbonyl (C=O) groups is 1. The van der Waals surface area contributed by atoms with Crippen LogP contribution in [0.2, 0.25) is 5.02 Å². The summed E-state index contributed by atoms with van der Waals surface area (Å²) in [5, 5.41) is 12.7. The number of benzene rings is 1. The SMILES string of the molecule is Cc1ccc(NC(=O)CCN2CCN(C)C(CCO)C2)cc1Cl. The molecule has 23 heavy (non-hydrogen) atoms. The molecule has 1 aliphatic heterocycles. The third kappa shape index (κ3) is 5.46. The van der Waals surface area contributed by atoms with Gasteiger partial charge in [0.15, 0.2) is 0 Å². The Morgan fingerprint density at radius 1 is 1.43 bits per heavy atom. The van der Waals surface area contributed by atoms with E-state index in [9.17, 15) is 4.79 Å². The van der Waals surface area contributed by atoms with Crippen LogP contribution in [0, 0.1) is 6.92 Å². The van der Waals surface area contributed by atoms with Crippen LogP contribution in [0.5, 0.6) is 0 Å². The molecule has 1 unspecified atom stereocenters. The predicted octanol–water partition coefficient (Wildman–Crippen LogP) is 1.98. The van der Waals surface area contributed by atoms with Crippen LogP contribution >= 0.6 is 11.6 Å². The number of nitrogens with one attached hydrogen (secondary N) is 1. The van der Waals surface area contributed by atoms with E-state index in [1.54, 1.807) is 6.07 Å². The van der Waals surface area contributed by atoms with E-state index in [0.29, 0.717) is 17.5 Å². The first-order valence-corrected chi connectivity index (χ1v) is 8.47. The van der Waals surface area contributed by atoms with Gasteiger partial charge in [0.05, 0.1) is 0 Å². The second-order valence-electron chi connectivity index (χ2n) is 6.21. The quantitative estimate of drug-likeness (QED) is 0.832. The summed E-state index contributed by atoms with van der Waals surface area (Å²) in [5.41, 5.74) is 1.74. The third-order valence-corrected chi connectivity index (χ3v) is 4.84. The molecule has 6 heteroatoms. The van der Waals surface area contributed by atoms with Gasteiger partial charge in [0.25, 0.3) is 0 Å². The molecule has 2 N–H and O–H groups in total. The maximum absolute atomic E-state index is 12.1. The van der Waals surface area contributed by atoms with Crippen molar-refractivity contribution >= 4 is 23.2 Å². The second kappa shape index (κ2) is 8.64. The van der Waals surface area contributed by atoms with Gasteiger partial charge in [0.1, 0.15) is 0 Å². The average Bonchev–Trinajstić information content (AvgIpc) is 2.52. The van der Waals surface area contributed by atoms with Crippen LogP contribution in [0.25, 0.3) is 0 Å². The zero-order chi connectivity index (χ0) is 16.8. The molecule has 0 spiro atoms. The van der Waals surface area contributed by atoms with Gasteiger partial charge in [-0.05, 0) is 38.1 Å². The van der Waals surface area contributed by atoms with Gasteiger partial charge in [-0.3, -0.25) is 9.69 Å². The number of anilines is 1. The Morgan fingerprint density at radius 2 is 2.22 bits per heavy atom. The molecule has 0 aromatic heterocycles. The molecule has 1 aromatic rings. The van der Waals surface area contributed by atoms with Crippen LogP contribution in [0.3, 0.4) is 0 Å². The zero-order valence-electron chi connectivity index (χ0n) is 13.9. The summed E-state index contributed by atoms with van der Waals surface area (Å²) in [6.07, 6.45) is 1.24. The number of nitrogens with zero attached hydrogens (tertiary/aromatic N) is 2. The highest BCUT2D eigenvalue weighted by molar-refractivity contribution is 6.31. The largest absolute Gasteiger partial charge is 0.396 e. The summed E-state index contributed by atoms with van der Waals surface area (Å²) >= 11 is 6.07. The van der Waals surface area contributed by atoms with Crippen LogP contribution in [-0.4, -0.2) is 66.7 Å². The molecule has 1 saturated heterocycles. The molecule has 1 fully saturated rings. The Labute approximate surface area is 143 Å². The zero-order valence-corrected chi connectivity index (χ0v) is 14.6. The molecule has 0 radical (unpaired) electrons. The summed E-state index contributed by atoms with van der Waals surface area (Å²) in [7, 11) is 2.09. The third-order valence-electron chi connectivity index (χ3n) is 4.43. The van der Waals surface area contributed by atoms with Crippen molar-refractivity contribution in [3.63, 3.8) is 0 Å². The Morgan fingerprint density at radius 3 is 2.91 bits per heavy atom. The Bertz CT molecular complexity index is 539. The van der Waals surface area contributed by atoms with Crippen LogP contribution in [0.4, 0.5) is 5.69 Å². The molecule has 0 saturated carbocycles. The average molecular weight is 340 g/mol. The minimum absolute atomic E-state index is 0.00237. The normalized spacial score (nSPS) is 19.7. The molecule has 1 aromatic carbocycles. The maximum atomic E-state index is 12.1. The number of piperazine rings is 1. The number of amides is 1. The number of carbonyl (C=O) groups excluding carboxylic acids is 1. The van der Waals surface area contributed by atoms with E-state index in [-0.39, 0.29) is 12.5 Å². The topological polar surface area (TPSA) is 55.8 Å². The van der Waals surface area contributed by atoms with Gasteiger partial charge in [-0.2, -0.15) is 0 Å². The summed E-state index contributed by atoms with van der Waals surface area (Å²) in [6.45, 7) is 5.71. The number of aliphatic hydroxyl groups is 1. The highest BCUT2D eigenvalue weighted by Crippen LogP contribution is 2.20. The van der Waals surface area contributed by atoms with Crippen molar-refractivity contribution in [3.05, 3.63) is 28.8 Å². The summed E-state index contributed by atoms with van der Waals surface area (Å²) in [5.74, 6) is 0.00237. The molecule has 1 aliphatic rings. The molecule has 5 nitrogen and oxygen atoms in total. The fraction of sp³-hybridized carbons (Fsp3) is 0.588. The van der Waals surface area contributed by atoms with Crippen LogP contribution in [0.1, 0.15) is 18.4 Å². The molecule has 128 valence electrons. The van der Waals surface area contributed by atoms with Gasteiger partial charge < -0.3 is 15.3 Å². The van der Waals surface area contributed by atoms with Crippen LogP contribution < -0.4 is 5.32 Å². The molecule has 1 heterocycles. The lowest BCUT2D eigenvalue weighted by atomic mass is 10.1. The first-order valence-electron chi connectivity index (χ1n) is 8.09. The lowest BCUT2D eigenvalue weighted by Gasteiger charge is -2.39. The maximum Gasteiger partial charge on any atom is 0.225 e. The monoisotopic (exact) mass is 339 g/mol. The molecule has 2 rings (SSSR count). The standard InChI is InChI=1S/C17H26ClN3O2/c1-13-3-4-14(11-16(13)18)19-17(23)5-7-21-9-8-20(2)15(12-21)6-10-22/h3-4,11,15,22H,5-10,12H2,1-2H3,(H,19,23). The molecular formula is C17H26ClN3O2. The number of rotatable bonds is 6. The van der Waals surface area contributed by atoms with Crippen molar-refractivity contribution in [1.82, 2.24) is 9.80 Å². The van der Waals surface area contributed by atoms with Gasteiger partial charge >= 0.3 is 0 Å². The Hall–Kier alpha value is -1.14. The fourth-order valence-corrected chi connectivity index (χ4v) is 3.01. The highest BCUT2D eigenvalue weighted by Gasteiger charge is 2.23. The minimum Gasteiger partial charge on any atom is -0.396 e. The van der Waals surface area contributed by atoms with E-state index in [1.165, 1.54) is 0 Å². The minimum atomic E-state index is 0.00237. The van der Waals surface area contributed by atoms with Crippen LogP contribution in [-0.2, 0) is 4.79 Å². The Kier molecular flexibility index (Phi) is 6.84. The van der Waals surface area contributed by atoms with Crippen molar-refractivity contribution in [2.75, 3.05) is 45.2 Å². The highest BCUT2D eigenvalue weighted by atomic mass is 35.5. The molecule has 1 atom stereocenters. The second-order valence-corrected chi connectivity index (χ2v) is 6.62. The Balaban J connectivity index is 1.78. The van der Waals surface area contributed by atoms with Gasteiger partial charge in [-0.1, -0.05) is 17.7 Å². The van der Waals surface area contributed by atoms with E-state index >= 15 is 0 Å². The summed E-state index contributed by atoms with van der Waals surface area (Å²) in [6, 6.07) is 5.92. The lowest BCUT2D eigenvalue weighted by Crippen LogP contribution is -2.52. The van der Waals surface area contributed by atoms with E-state index in [0.717, 1.165) is 43.9 Å². The van der Waals surface area contributed by atoms with Crippen molar-refractivity contribution in [1.29, 1.82) is 0 Å². The van der Waals surface area contributed by atoms with E-state index in [1.807, 2.05) is 19.1 Å². The fourth-order valence-electron chi connectivity index (χ4n) is 2.83. The smallest absolute Gasteiger partial charge is 0.225 e. The van der Waals surface area contributed by atoms with Crippen molar-refractivity contribution in [3.8, 4) is 0 Å². The predicted molar refractivity (Wildman–Crippen MR) is 94.0 cm³/mol.